The zero-order valence-corrected chi connectivity index (χ0v) is 15.2. The number of nitrogens with zero attached hydrogens (tertiary/aromatic N) is 1. The summed E-state index contributed by atoms with van der Waals surface area (Å²) in [4.78, 5) is 24.9. The van der Waals surface area contributed by atoms with Crippen molar-refractivity contribution in [2.45, 2.75) is 45.5 Å². The minimum absolute atomic E-state index is 0.00189. The predicted molar refractivity (Wildman–Crippen MR) is 93.4 cm³/mol. The van der Waals surface area contributed by atoms with Crippen LogP contribution in [0.2, 0.25) is 0 Å². The molecule has 0 aliphatic carbocycles. The molecule has 0 bridgehead atoms. The minimum atomic E-state index is -1.50. The van der Waals surface area contributed by atoms with Gasteiger partial charge in [-0.3, -0.25) is 9.69 Å². The number of hydrogen-bond acceptors (Lipinski definition) is 6. The average Bonchev–Trinajstić information content (AvgIpc) is 2.52. The number of carbonyl (C=O) groups excluding carboxylic acids is 2. The van der Waals surface area contributed by atoms with E-state index in [1.807, 2.05) is 31.2 Å². The lowest BCUT2D eigenvalue weighted by Crippen LogP contribution is -2.37. The Morgan fingerprint density at radius 3 is 2.40 bits per heavy atom. The predicted octanol–water partition coefficient (Wildman–Crippen LogP) is 2.02. The van der Waals surface area contributed by atoms with Crippen LogP contribution in [0.4, 0.5) is 10.5 Å². The number of aliphatic hydroxyl groups is 2. The summed E-state index contributed by atoms with van der Waals surface area (Å²) in [5.41, 5.74) is 1.87. The summed E-state index contributed by atoms with van der Waals surface area (Å²) in [6.07, 6.45) is 0.137. The normalized spacial score (nSPS) is 17.4. The highest BCUT2D eigenvalue weighted by Gasteiger charge is 2.25. The first-order chi connectivity index (χ1) is 11.6. The summed E-state index contributed by atoms with van der Waals surface area (Å²) >= 11 is 0. The molecule has 1 fully saturated rings. The first kappa shape index (κ1) is 21.1. The molecular weight excluding hydrogens is 326 g/mol. The molecule has 1 atom stereocenters. The van der Waals surface area contributed by atoms with Crippen molar-refractivity contribution in [1.82, 2.24) is 0 Å². The maximum absolute atomic E-state index is 11.9. The van der Waals surface area contributed by atoms with Crippen LogP contribution in [0.5, 0.6) is 0 Å². The van der Waals surface area contributed by atoms with Crippen molar-refractivity contribution in [1.29, 1.82) is 0 Å². The van der Waals surface area contributed by atoms with Gasteiger partial charge < -0.3 is 19.7 Å². The molecule has 7 heteroatoms. The third-order valence-electron chi connectivity index (χ3n) is 3.30. The third kappa shape index (κ3) is 8.62. The van der Waals surface area contributed by atoms with E-state index in [0.29, 0.717) is 13.0 Å². The number of Topliss-reactive ketones (excluding diaryl/α,β-unsaturated/α-hetero) is 1. The largest absolute Gasteiger partial charge is 0.446 e. The molecule has 1 heterocycles. The Balaban J connectivity index is 0.000000550. The molecule has 0 saturated carbocycles. The Kier molecular flexibility index (Phi) is 8.02. The molecule has 25 heavy (non-hydrogen) atoms. The van der Waals surface area contributed by atoms with Crippen LogP contribution in [-0.4, -0.2) is 54.2 Å². The maximum Gasteiger partial charge on any atom is 0.414 e. The zero-order valence-electron chi connectivity index (χ0n) is 15.2. The first-order valence-electron chi connectivity index (χ1n) is 8.14. The lowest BCUT2D eigenvalue weighted by atomic mass is 10.1. The fourth-order valence-electron chi connectivity index (χ4n) is 1.98. The molecule has 140 valence electrons. The van der Waals surface area contributed by atoms with Gasteiger partial charge in [-0.2, -0.15) is 0 Å². The number of carbonyl (C=O) groups is 2. The summed E-state index contributed by atoms with van der Waals surface area (Å²) in [6, 6.07) is 7.54. The van der Waals surface area contributed by atoms with Crippen LogP contribution < -0.4 is 4.90 Å². The lowest BCUT2D eigenvalue weighted by molar-refractivity contribution is -0.138. The van der Waals surface area contributed by atoms with Gasteiger partial charge in [-0.1, -0.05) is 17.7 Å². The molecule has 7 nitrogen and oxygen atoms in total. The van der Waals surface area contributed by atoms with Gasteiger partial charge in [-0.25, -0.2) is 4.79 Å². The van der Waals surface area contributed by atoms with Crippen LogP contribution in [0.1, 0.15) is 32.3 Å². The number of aryl methyl sites for hydroxylation is 1. The van der Waals surface area contributed by atoms with Gasteiger partial charge in [0.15, 0.2) is 11.6 Å². The summed E-state index contributed by atoms with van der Waals surface area (Å²) in [7, 11) is 1.64. The fourth-order valence-corrected chi connectivity index (χ4v) is 1.98. The molecule has 1 aromatic rings. The molecule has 1 aromatic carbocycles. The molecule has 2 rings (SSSR count). The van der Waals surface area contributed by atoms with E-state index in [9.17, 15) is 9.59 Å². The number of ketones is 1. The van der Waals surface area contributed by atoms with Crippen LogP contribution in [0.25, 0.3) is 0 Å². The molecule has 1 saturated heterocycles. The smallest absolute Gasteiger partial charge is 0.414 e. The van der Waals surface area contributed by atoms with Gasteiger partial charge in [0, 0.05) is 25.8 Å². The van der Waals surface area contributed by atoms with Gasteiger partial charge in [0.25, 0.3) is 0 Å². The average molecular weight is 353 g/mol. The Morgan fingerprint density at radius 1 is 1.32 bits per heavy atom. The summed E-state index contributed by atoms with van der Waals surface area (Å²) in [6.45, 7) is 5.10. The van der Waals surface area contributed by atoms with Crippen molar-refractivity contribution in [3.63, 3.8) is 0 Å². The van der Waals surface area contributed by atoms with Crippen LogP contribution in [0.3, 0.4) is 0 Å². The highest BCUT2D eigenvalue weighted by Crippen LogP contribution is 2.15. The number of benzene rings is 1. The minimum Gasteiger partial charge on any atom is -0.446 e. The van der Waals surface area contributed by atoms with Gasteiger partial charge in [-0.15, -0.1) is 0 Å². The maximum atomic E-state index is 11.9. The number of amides is 1. The molecule has 1 aliphatic heterocycles. The Bertz CT molecular complexity index is 558. The van der Waals surface area contributed by atoms with Gasteiger partial charge in [0.05, 0.1) is 0 Å². The van der Waals surface area contributed by atoms with Crippen LogP contribution in [0.15, 0.2) is 24.3 Å². The summed E-state index contributed by atoms with van der Waals surface area (Å²) < 4.78 is 10.4. The van der Waals surface area contributed by atoms with Crippen molar-refractivity contribution < 1.29 is 29.3 Å². The molecule has 1 aliphatic rings. The van der Waals surface area contributed by atoms with Crippen molar-refractivity contribution in [3.8, 4) is 0 Å². The third-order valence-corrected chi connectivity index (χ3v) is 3.30. The first-order valence-corrected chi connectivity index (χ1v) is 8.14. The quantitative estimate of drug-likeness (QED) is 0.807. The molecule has 1 unspecified atom stereocenters. The number of hydrogen-bond donors (Lipinski definition) is 2. The summed E-state index contributed by atoms with van der Waals surface area (Å²) in [5.74, 6) is -1.50. The summed E-state index contributed by atoms with van der Waals surface area (Å²) in [5, 5.41) is 16.2. The lowest BCUT2D eigenvalue weighted by Gasteiger charge is -2.23. The second kappa shape index (κ2) is 9.50. The topological polar surface area (TPSA) is 96.3 Å². The van der Waals surface area contributed by atoms with E-state index in [4.69, 9.17) is 19.7 Å². The molecule has 2 N–H and O–H groups in total. The molecule has 0 radical (unpaired) electrons. The highest BCUT2D eigenvalue weighted by atomic mass is 16.6. The highest BCUT2D eigenvalue weighted by molar-refractivity contribution is 5.88. The van der Waals surface area contributed by atoms with Crippen LogP contribution in [-0.2, 0) is 14.3 Å². The Morgan fingerprint density at radius 2 is 1.88 bits per heavy atom. The van der Waals surface area contributed by atoms with E-state index in [-0.39, 0.29) is 12.4 Å². The van der Waals surface area contributed by atoms with Crippen LogP contribution >= 0.6 is 0 Å². The fraction of sp³-hybridized carbons (Fsp3) is 0.556. The van der Waals surface area contributed by atoms with Crippen molar-refractivity contribution in [2.75, 3.05) is 25.2 Å². The van der Waals surface area contributed by atoms with Gasteiger partial charge in [0.1, 0.15) is 12.7 Å². The van der Waals surface area contributed by atoms with Gasteiger partial charge >= 0.3 is 6.09 Å². The van der Waals surface area contributed by atoms with E-state index in [1.165, 1.54) is 18.7 Å². The Hall–Kier alpha value is -1.96. The number of ether oxygens (including phenoxy) is 2. The van der Waals surface area contributed by atoms with E-state index in [2.05, 4.69) is 0 Å². The van der Waals surface area contributed by atoms with Crippen LogP contribution in [0, 0.1) is 6.92 Å². The number of anilines is 1. The van der Waals surface area contributed by atoms with E-state index in [1.54, 1.807) is 7.05 Å². The second-order valence-corrected chi connectivity index (χ2v) is 6.40. The van der Waals surface area contributed by atoms with Crippen molar-refractivity contribution >= 4 is 17.6 Å². The number of rotatable bonds is 3. The molecule has 0 spiro atoms. The van der Waals surface area contributed by atoms with Gasteiger partial charge in [0.2, 0.25) is 0 Å². The second-order valence-electron chi connectivity index (χ2n) is 6.40. The van der Waals surface area contributed by atoms with Gasteiger partial charge in [-0.05, 0) is 39.3 Å². The Labute approximate surface area is 148 Å². The zero-order chi connectivity index (χ0) is 19.0. The van der Waals surface area contributed by atoms with E-state index in [0.717, 1.165) is 17.7 Å². The van der Waals surface area contributed by atoms with Crippen molar-refractivity contribution in [2.24, 2.45) is 0 Å². The SMILES string of the molecule is CC(C)(O)O.Cc1ccc(N(C)C(=O)OCC2OCCCC2=O)cc1. The molecule has 0 aromatic heterocycles. The monoisotopic (exact) mass is 353 g/mol. The van der Waals surface area contributed by atoms with E-state index >= 15 is 0 Å². The molecular formula is C18H27NO6. The van der Waals surface area contributed by atoms with E-state index < -0.39 is 18.0 Å². The standard InChI is InChI=1S/C15H19NO4.C3H8O2/c1-11-5-7-12(8-6-11)16(2)15(18)20-10-14-13(17)4-3-9-19-14;1-3(2,4)5/h5-8,14H,3-4,9-10H2,1-2H3;4-5H,1-2H3. The molecule has 1 amide bonds. The van der Waals surface area contributed by atoms with Crippen molar-refractivity contribution in [3.05, 3.63) is 29.8 Å².